The molecular weight excluding hydrogens is 412 g/mol. The number of unbranched alkanes of at least 4 members (excludes halogenated alkanes) is 2. The molecule has 2 amide bonds. The number of rotatable bonds is 10. The van der Waals surface area contributed by atoms with Gasteiger partial charge < -0.3 is 10.6 Å². The van der Waals surface area contributed by atoms with E-state index in [0.29, 0.717) is 17.2 Å². The van der Waals surface area contributed by atoms with E-state index in [-0.39, 0.29) is 23.9 Å². The molecule has 1 aromatic heterocycles. The Hall–Kier alpha value is -2.30. The average molecular weight is 439 g/mol. The lowest BCUT2D eigenvalue weighted by Crippen LogP contribution is -2.38. The zero-order valence-corrected chi connectivity index (χ0v) is 18.4. The van der Waals surface area contributed by atoms with Gasteiger partial charge in [0.15, 0.2) is 5.13 Å². The zero-order valence-electron chi connectivity index (χ0n) is 16.8. The van der Waals surface area contributed by atoms with Gasteiger partial charge >= 0.3 is 0 Å². The van der Waals surface area contributed by atoms with Gasteiger partial charge in [0, 0.05) is 24.5 Å². The maximum absolute atomic E-state index is 13.1. The second-order valence-electron chi connectivity index (χ2n) is 6.59. The number of nitrogens with zero attached hydrogens (tertiary/aromatic N) is 2. The SMILES string of the molecule is CCCCCN(CC(=O)Nc1nc(C)cs1)S(=O)(=O)c1ccc(NC(C)=O)cc1. The standard InChI is InChI=1S/C19H26N4O4S2/c1-4-5-6-11-23(12-18(25)22-19-20-14(2)13-28-19)29(26,27)17-9-7-16(8-10-17)21-15(3)24/h7-10,13H,4-6,11-12H2,1-3H3,(H,21,24)(H,20,22,25). The summed E-state index contributed by atoms with van der Waals surface area (Å²) in [6, 6.07) is 5.90. The number of nitrogens with one attached hydrogen (secondary N) is 2. The van der Waals surface area contributed by atoms with Crippen LogP contribution in [-0.4, -0.2) is 42.6 Å². The van der Waals surface area contributed by atoms with Crippen molar-refractivity contribution in [3.63, 3.8) is 0 Å². The smallest absolute Gasteiger partial charge is 0.243 e. The third-order valence-corrected chi connectivity index (χ3v) is 6.74. The highest BCUT2D eigenvalue weighted by molar-refractivity contribution is 7.89. The van der Waals surface area contributed by atoms with Crippen LogP contribution in [-0.2, 0) is 19.6 Å². The Morgan fingerprint density at radius 1 is 1.14 bits per heavy atom. The van der Waals surface area contributed by atoms with Crippen molar-refractivity contribution in [2.24, 2.45) is 0 Å². The number of sulfonamides is 1. The van der Waals surface area contributed by atoms with Gasteiger partial charge in [-0.1, -0.05) is 19.8 Å². The maximum Gasteiger partial charge on any atom is 0.243 e. The Morgan fingerprint density at radius 3 is 2.38 bits per heavy atom. The first-order valence-corrected chi connectivity index (χ1v) is 11.6. The molecule has 0 fully saturated rings. The summed E-state index contributed by atoms with van der Waals surface area (Å²) in [7, 11) is -3.87. The highest BCUT2D eigenvalue weighted by Gasteiger charge is 2.26. The molecule has 1 heterocycles. The number of hydrogen-bond acceptors (Lipinski definition) is 6. The molecule has 0 radical (unpaired) electrons. The van der Waals surface area contributed by atoms with E-state index in [1.54, 1.807) is 0 Å². The topological polar surface area (TPSA) is 108 Å². The minimum absolute atomic E-state index is 0.0704. The Kier molecular flexibility index (Phi) is 8.30. The van der Waals surface area contributed by atoms with E-state index in [1.807, 2.05) is 19.2 Å². The van der Waals surface area contributed by atoms with Crippen LogP contribution in [0.3, 0.4) is 0 Å². The molecule has 0 spiro atoms. The number of hydrogen-bond donors (Lipinski definition) is 2. The summed E-state index contributed by atoms with van der Waals surface area (Å²) in [6.45, 7) is 5.17. The van der Waals surface area contributed by atoms with Crippen LogP contribution in [0.25, 0.3) is 0 Å². The predicted octanol–water partition coefficient (Wildman–Crippen LogP) is 3.23. The van der Waals surface area contributed by atoms with Gasteiger partial charge in [-0.3, -0.25) is 9.59 Å². The van der Waals surface area contributed by atoms with Crippen molar-refractivity contribution in [3.8, 4) is 0 Å². The minimum atomic E-state index is -3.87. The third-order valence-electron chi connectivity index (χ3n) is 4.01. The molecule has 2 rings (SSSR count). The molecular formula is C19H26N4O4S2. The van der Waals surface area contributed by atoms with Crippen LogP contribution >= 0.6 is 11.3 Å². The molecule has 8 nitrogen and oxygen atoms in total. The molecule has 0 unspecified atom stereocenters. The first kappa shape index (κ1) is 23.0. The lowest BCUT2D eigenvalue weighted by molar-refractivity contribution is -0.116. The fourth-order valence-electron chi connectivity index (χ4n) is 2.62. The molecule has 0 aliphatic rings. The van der Waals surface area contributed by atoms with Crippen LogP contribution in [0.2, 0.25) is 0 Å². The van der Waals surface area contributed by atoms with Crippen molar-refractivity contribution >= 4 is 44.0 Å². The monoisotopic (exact) mass is 438 g/mol. The first-order chi connectivity index (χ1) is 13.7. The summed E-state index contributed by atoms with van der Waals surface area (Å²) in [5.41, 5.74) is 1.29. The second-order valence-corrected chi connectivity index (χ2v) is 9.39. The quantitative estimate of drug-likeness (QED) is 0.554. The van der Waals surface area contributed by atoms with Crippen LogP contribution in [0.4, 0.5) is 10.8 Å². The molecule has 0 aliphatic carbocycles. The molecule has 2 aromatic rings. The van der Waals surface area contributed by atoms with E-state index >= 15 is 0 Å². The van der Waals surface area contributed by atoms with Gasteiger partial charge in [-0.15, -0.1) is 11.3 Å². The van der Waals surface area contributed by atoms with Gasteiger partial charge in [0.25, 0.3) is 0 Å². The lowest BCUT2D eigenvalue weighted by atomic mass is 10.2. The van der Waals surface area contributed by atoms with Crippen molar-refractivity contribution < 1.29 is 18.0 Å². The van der Waals surface area contributed by atoms with E-state index < -0.39 is 15.9 Å². The second kappa shape index (κ2) is 10.5. The molecule has 0 aliphatic heterocycles. The summed E-state index contributed by atoms with van der Waals surface area (Å²) in [4.78, 5) is 27.8. The van der Waals surface area contributed by atoms with Gasteiger partial charge in [-0.2, -0.15) is 4.31 Å². The fraction of sp³-hybridized carbons (Fsp3) is 0.421. The Bertz CT molecular complexity index is 939. The number of amides is 2. The summed E-state index contributed by atoms with van der Waals surface area (Å²) in [5.74, 6) is -0.676. The van der Waals surface area contributed by atoms with E-state index in [2.05, 4.69) is 15.6 Å². The van der Waals surface area contributed by atoms with Gasteiger partial charge in [-0.05, 0) is 37.6 Å². The van der Waals surface area contributed by atoms with Crippen LogP contribution in [0.1, 0.15) is 38.8 Å². The van der Waals surface area contributed by atoms with Gasteiger partial charge in [-0.25, -0.2) is 13.4 Å². The Labute approximate surface area is 175 Å². The van der Waals surface area contributed by atoms with Crippen LogP contribution in [0.15, 0.2) is 34.5 Å². The number of aromatic nitrogens is 1. The van der Waals surface area contributed by atoms with Crippen LogP contribution in [0.5, 0.6) is 0 Å². The average Bonchev–Trinajstić information content (AvgIpc) is 3.05. The molecule has 158 valence electrons. The third kappa shape index (κ3) is 6.91. The minimum Gasteiger partial charge on any atom is -0.326 e. The molecule has 10 heteroatoms. The Balaban J connectivity index is 2.17. The van der Waals surface area contributed by atoms with Crippen molar-refractivity contribution in [2.75, 3.05) is 23.7 Å². The summed E-state index contributed by atoms with van der Waals surface area (Å²) in [6.07, 6.45) is 2.45. The first-order valence-electron chi connectivity index (χ1n) is 9.32. The van der Waals surface area contributed by atoms with E-state index in [1.165, 1.54) is 46.8 Å². The Morgan fingerprint density at radius 2 is 1.83 bits per heavy atom. The van der Waals surface area contributed by atoms with E-state index in [0.717, 1.165) is 18.5 Å². The van der Waals surface area contributed by atoms with Crippen molar-refractivity contribution in [1.82, 2.24) is 9.29 Å². The summed E-state index contributed by atoms with van der Waals surface area (Å²) in [5, 5.41) is 7.50. The fourth-order valence-corrected chi connectivity index (χ4v) is 4.75. The number of carbonyl (C=O) groups is 2. The van der Waals surface area contributed by atoms with Crippen LogP contribution in [0, 0.1) is 6.92 Å². The number of aryl methyl sites for hydroxylation is 1. The highest BCUT2D eigenvalue weighted by atomic mass is 32.2. The summed E-state index contributed by atoms with van der Waals surface area (Å²) >= 11 is 1.29. The highest BCUT2D eigenvalue weighted by Crippen LogP contribution is 2.20. The molecule has 2 N–H and O–H groups in total. The summed E-state index contributed by atoms with van der Waals surface area (Å²) < 4.78 is 27.4. The normalized spacial score (nSPS) is 11.4. The number of benzene rings is 1. The maximum atomic E-state index is 13.1. The molecule has 29 heavy (non-hydrogen) atoms. The van der Waals surface area contributed by atoms with Crippen molar-refractivity contribution in [1.29, 1.82) is 0 Å². The van der Waals surface area contributed by atoms with E-state index in [4.69, 9.17) is 0 Å². The molecule has 1 aromatic carbocycles. The molecule has 0 atom stereocenters. The van der Waals surface area contributed by atoms with Gasteiger partial charge in [0.1, 0.15) is 0 Å². The largest absolute Gasteiger partial charge is 0.326 e. The molecule has 0 bridgehead atoms. The number of thiazole rings is 1. The lowest BCUT2D eigenvalue weighted by Gasteiger charge is -2.21. The van der Waals surface area contributed by atoms with Gasteiger partial charge in [0.05, 0.1) is 17.1 Å². The molecule has 0 saturated heterocycles. The van der Waals surface area contributed by atoms with E-state index in [9.17, 15) is 18.0 Å². The zero-order chi connectivity index (χ0) is 21.4. The van der Waals surface area contributed by atoms with Crippen molar-refractivity contribution in [3.05, 3.63) is 35.3 Å². The van der Waals surface area contributed by atoms with Crippen molar-refractivity contribution in [2.45, 2.75) is 44.9 Å². The number of carbonyl (C=O) groups excluding carboxylic acids is 2. The van der Waals surface area contributed by atoms with Gasteiger partial charge in [0.2, 0.25) is 21.8 Å². The molecule has 0 saturated carbocycles. The predicted molar refractivity (Wildman–Crippen MR) is 115 cm³/mol. The van der Waals surface area contributed by atoms with Crippen LogP contribution < -0.4 is 10.6 Å². The number of anilines is 2.